The van der Waals surface area contributed by atoms with E-state index >= 15 is 0 Å². The lowest BCUT2D eigenvalue weighted by molar-refractivity contribution is 0.104. The molecule has 1 aliphatic rings. The Hall–Kier alpha value is -1.52. The van der Waals surface area contributed by atoms with Crippen LogP contribution >= 0.6 is 0 Å². The zero-order valence-corrected chi connectivity index (χ0v) is 13.8. The highest BCUT2D eigenvalue weighted by atomic mass is 15.3. The molecule has 1 aliphatic carbocycles. The van der Waals surface area contributed by atoms with Gasteiger partial charge in [-0.25, -0.2) is 0 Å². The lowest BCUT2D eigenvalue weighted by Crippen LogP contribution is -2.46. The smallest absolute Gasteiger partial charge is 0.191 e. The van der Waals surface area contributed by atoms with Crippen LogP contribution in [0.25, 0.3) is 0 Å². The van der Waals surface area contributed by atoms with Crippen LogP contribution in [0.1, 0.15) is 45.2 Å². The molecule has 1 aromatic rings. The van der Waals surface area contributed by atoms with Gasteiger partial charge in [0.2, 0.25) is 0 Å². The average molecular weight is 291 g/mol. The number of nitrogens with one attached hydrogen (secondary N) is 2. The third-order valence-corrected chi connectivity index (χ3v) is 4.47. The van der Waals surface area contributed by atoms with Crippen molar-refractivity contribution in [1.29, 1.82) is 0 Å². The largest absolute Gasteiger partial charge is 0.356 e. The van der Waals surface area contributed by atoms with Gasteiger partial charge in [0.15, 0.2) is 5.96 Å². The van der Waals surface area contributed by atoms with Gasteiger partial charge in [-0.2, -0.15) is 5.10 Å². The van der Waals surface area contributed by atoms with Gasteiger partial charge in [-0.3, -0.25) is 9.67 Å². The molecule has 5 heteroatoms. The Balaban J connectivity index is 1.81. The first kappa shape index (κ1) is 15.9. The minimum atomic E-state index is 0.484. The highest BCUT2D eigenvalue weighted by molar-refractivity contribution is 5.79. The molecule has 1 aromatic heterocycles. The van der Waals surface area contributed by atoms with E-state index in [1.165, 1.54) is 25.7 Å². The van der Waals surface area contributed by atoms with E-state index in [2.05, 4.69) is 34.6 Å². The summed E-state index contributed by atoms with van der Waals surface area (Å²) in [7, 11) is 3.79. The first-order chi connectivity index (χ1) is 10.0. The summed E-state index contributed by atoms with van der Waals surface area (Å²) in [4.78, 5) is 4.32. The Kier molecular flexibility index (Phi) is 5.26. The molecule has 0 aliphatic heterocycles. The van der Waals surface area contributed by atoms with E-state index in [-0.39, 0.29) is 0 Å². The van der Waals surface area contributed by atoms with Gasteiger partial charge in [-0.15, -0.1) is 0 Å². The summed E-state index contributed by atoms with van der Waals surface area (Å²) in [5.74, 6) is 1.64. The summed E-state index contributed by atoms with van der Waals surface area (Å²) in [5, 5.41) is 11.1. The normalized spacial score (nSPS) is 17.7. The fourth-order valence-corrected chi connectivity index (χ4v) is 3.24. The average Bonchev–Trinajstić information content (AvgIpc) is 2.80. The molecule has 1 heterocycles. The van der Waals surface area contributed by atoms with E-state index in [0.29, 0.717) is 5.41 Å². The fraction of sp³-hybridized carbons (Fsp3) is 0.750. The Morgan fingerprint density at radius 1 is 1.43 bits per heavy atom. The van der Waals surface area contributed by atoms with Crippen molar-refractivity contribution in [1.82, 2.24) is 20.4 Å². The van der Waals surface area contributed by atoms with Crippen LogP contribution < -0.4 is 10.6 Å². The monoisotopic (exact) mass is 291 g/mol. The summed E-state index contributed by atoms with van der Waals surface area (Å²) >= 11 is 0. The van der Waals surface area contributed by atoms with Crippen molar-refractivity contribution in [3.8, 4) is 0 Å². The maximum atomic E-state index is 4.32. The Labute approximate surface area is 128 Å². The first-order valence-electron chi connectivity index (χ1n) is 7.96. The SMILES string of the molecule is CN=C(NCc1ccnn1C)NCC1(CC(C)C)CCC1. The second-order valence-electron chi connectivity index (χ2n) is 6.68. The lowest BCUT2D eigenvalue weighted by Gasteiger charge is -2.43. The van der Waals surface area contributed by atoms with Crippen LogP contribution in [-0.2, 0) is 13.6 Å². The van der Waals surface area contributed by atoms with Crippen molar-refractivity contribution in [2.24, 2.45) is 23.4 Å². The number of hydrogen-bond donors (Lipinski definition) is 2. The van der Waals surface area contributed by atoms with E-state index in [0.717, 1.165) is 30.7 Å². The zero-order valence-electron chi connectivity index (χ0n) is 13.8. The molecule has 5 nitrogen and oxygen atoms in total. The minimum absolute atomic E-state index is 0.484. The quantitative estimate of drug-likeness (QED) is 0.624. The number of guanidine groups is 1. The van der Waals surface area contributed by atoms with Crippen LogP contribution in [0.5, 0.6) is 0 Å². The molecule has 0 radical (unpaired) electrons. The van der Waals surface area contributed by atoms with Crippen molar-refractivity contribution in [2.45, 2.75) is 46.1 Å². The van der Waals surface area contributed by atoms with Gasteiger partial charge in [0.05, 0.1) is 12.2 Å². The molecule has 1 fully saturated rings. The second kappa shape index (κ2) is 6.96. The molecule has 0 amide bonds. The number of hydrogen-bond acceptors (Lipinski definition) is 2. The molecule has 0 spiro atoms. The van der Waals surface area contributed by atoms with E-state index in [9.17, 15) is 0 Å². The second-order valence-corrected chi connectivity index (χ2v) is 6.68. The van der Waals surface area contributed by atoms with E-state index in [4.69, 9.17) is 0 Å². The Morgan fingerprint density at radius 2 is 2.19 bits per heavy atom. The van der Waals surface area contributed by atoms with Crippen molar-refractivity contribution < 1.29 is 0 Å². The van der Waals surface area contributed by atoms with Crippen molar-refractivity contribution in [3.05, 3.63) is 18.0 Å². The molecule has 0 bridgehead atoms. The van der Waals surface area contributed by atoms with Gasteiger partial charge in [-0.05, 0) is 36.7 Å². The standard InChI is InChI=1S/C16H29N5/c1-13(2)10-16(7-5-8-16)12-19-15(17-3)18-11-14-6-9-20-21(14)4/h6,9,13H,5,7-8,10-12H2,1-4H3,(H2,17,18,19). The lowest BCUT2D eigenvalue weighted by atomic mass is 9.64. The molecule has 0 aromatic carbocycles. The highest BCUT2D eigenvalue weighted by Gasteiger charge is 2.37. The maximum absolute atomic E-state index is 4.32. The molecule has 0 atom stereocenters. The molecule has 0 unspecified atom stereocenters. The van der Waals surface area contributed by atoms with Crippen molar-refractivity contribution in [2.75, 3.05) is 13.6 Å². The molecule has 1 saturated carbocycles. The maximum Gasteiger partial charge on any atom is 0.191 e. The summed E-state index contributed by atoms with van der Waals surface area (Å²) in [5.41, 5.74) is 1.64. The van der Waals surface area contributed by atoms with Gasteiger partial charge < -0.3 is 10.6 Å². The number of aliphatic imine (C=N–C) groups is 1. The predicted molar refractivity (Wildman–Crippen MR) is 87.1 cm³/mol. The third-order valence-electron chi connectivity index (χ3n) is 4.47. The topological polar surface area (TPSA) is 54.2 Å². The first-order valence-corrected chi connectivity index (χ1v) is 7.96. The Morgan fingerprint density at radius 3 is 2.67 bits per heavy atom. The van der Waals surface area contributed by atoms with Crippen LogP contribution in [-0.4, -0.2) is 29.3 Å². The van der Waals surface area contributed by atoms with Gasteiger partial charge in [0, 0.05) is 26.8 Å². The molecule has 21 heavy (non-hydrogen) atoms. The van der Waals surface area contributed by atoms with Crippen LogP contribution in [0.4, 0.5) is 0 Å². The van der Waals surface area contributed by atoms with Gasteiger partial charge in [0.1, 0.15) is 0 Å². The van der Waals surface area contributed by atoms with E-state index < -0.39 is 0 Å². The summed E-state index contributed by atoms with van der Waals surface area (Å²) in [6.07, 6.45) is 7.18. The zero-order chi connectivity index (χ0) is 15.3. The summed E-state index contributed by atoms with van der Waals surface area (Å²) < 4.78 is 1.88. The summed E-state index contributed by atoms with van der Waals surface area (Å²) in [6, 6.07) is 2.02. The number of nitrogens with zero attached hydrogens (tertiary/aromatic N) is 3. The van der Waals surface area contributed by atoms with Gasteiger partial charge >= 0.3 is 0 Å². The third kappa shape index (κ3) is 4.22. The Bertz CT molecular complexity index is 471. The van der Waals surface area contributed by atoms with Crippen LogP contribution in [0.2, 0.25) is 0 Å². The van der Waals surface area contributed by atoms with Crippen molar-refractivity contribution >= 4 is 5.96 Å². The molecular weight excluding hydrogens is 262 g/mol. The van der Waals surface area contributed by atoms with Crippen LogP contribution in [0, 0.1) is 11.3 Å². The van der Waals surface area contributed by atoms with Gasteiger partial charge in [-0.1, -0.05) is 20.3 Å². The number of aromatic nitrogens is 2. The summed E-state index contributed by atoms with van der Waals surface area (Å²) in [6.45, 7) is 6.40. The van der Waals surface area contributed by atoms with Crippen LogP contribution in [0.15, 0.2) is 17.3 Å². The minimum Gasteiger partial charge on any atom is -0.356 e. The van der Waals surface area contributed by atoms with E-state index in [1.807, 2.05) is 31.0 Å². The molecular formula is C16H29N5. The molecule has 118 valence electrons. The number of rotatable bonds is 6. The van der Waals surface area contributed by atoms with E-state index in [1.54, 1.807) is 0 Å². The van der Waals surface area contributed by atoms with Crippen LogP contribution in [0.3, 0.4) is 0 Å². The fourth-order valence-electron chi connectivity index (χ4n) is 3.24. The molecule has 2 N–H and O–H groups in total. The van der Waals surface area contributed by atoms with Gasteiger partial charge in [0.25, 0.3) is 0 Å². The van der Waals surface area contributed by atoms with Crippen molar-refractivity contribution in [3.63, 3.8) is 0 Å². The number of aryl methyl sites for hydroxylation is 1. The molecule has 2 rings (SSSR count). The predicted octanol–water partition coefficient (Wildman–Crippen LogP) is 2.30. The highest BCUT2D eigenvalue weighted by Crippen LogP contribution is 2.45. The molecule has 0 saturated heterocycles.